The molecule has 2 aliphatic rings. The summed E-state index contributed by atoms with van der Waals surface area (Å²) in [5, 5.41) is 37.3. The van der Waals surface area contributed by atoms with E-state index in [1.807, 2.05) is 16.3 Å². The Balaban J connectivity index is 0.000000164. The van der Waals surface area contributed by atoms with E-state index in [0.29, 0.717) is 56.4 Å². The molecule has 0 saturated carbocycles. The van der Waals surface area contributed by atoms with Crippen molar-refractivity contribution in [3.8, 4) is 21.4 Å². The van der Waals surface area contributed by atoms with E-state index in [-0.39, 0.29) is 23.4 Å². The van der Waals surface area contributed by atoms with E-state index in [4.69, 9.17) is 5.11 Å². The molecule has 2 saturated heterocycles. The van der Waals surface area contributed by atoms with Crippen LogP contribution in [0.25, 0.3) is 21.4 Å². The van der Waals surface area contributed by atoms with Crippen molar-refractivity contribution in [1.29, 1.82) is 0 Å². The Bertz CT molecular complexity index is 2280. The predicted octanol–water partition coefficient (Wildman–Crippen LogP) is 7.22. The normalized spacial score (nSPS) is 19.6. The molecule has 59 heavy (non-hydrogen) atoms. The number of aromatic nitrogens is 8. The summed E-state index contributed by atoms with van der Waals surface area (Å²) in [6, 6.07) is 7.59. The number of aliphatic hydroxyl groups is 2. The summed E-state index contributed by atoms with van der Waals surface area (Å²) in [5.74, 6) is 2.15. The molecule has 19 heteroatoms. The zero-order valence-electron chi connectivity index (χ0n) is 33.6. The highest BCUT2D eigenvalue weighted by Gasteiger charge is 2.35. The molecular weight excluding hydrogens is 829 g/mol. The molecular formula is C40H48N10O5S4. The van der Waals surface area contributed by atoms with E-state index in [0.717, 1.165) is 36.5 Å². The maximum absolute atomic E-state index is 13.4. The monoisotopic (exact) mass is 876 g/mol. The zero-order chi connectivity index (χ0) is 42.3. The number of carboxylic acids is 1. The number of thiophene rings is 2. The largest absolute Gasteiger partial charge is 0.478 e. The van der Waals surface area contributed by atoms with Gasteiger partial charge in [0, 0.05) is 61.8 Å². The number of amides is 1. The van der Waals surface area contributed by atoms with Crippen molar-refractivity contribution < 1.29 is 24.9 Å². The van der Waals surface area contributed by atoms with Gasteiger partial charge in [0.05, 0.1) is 20.9 Å². The topological polar surface area (TPSA) is 213 Å². The third kappa shape index (κ3) is 11.2. The van der Waals surface area contributed by atoms with Gasteiger partial charge in [-0.3, -0.25) is 4.79 Å². The van der Waals surface area contributed by atoms with Gasteiger partial charge in [0.25, 0.3) is 5.91 Å². The second kappa shape index (κ2) is 19.3. The second-order valence-corrected chi connectivity index (χ2v) is 18.8. The molecule has 0 radical (unpaired) electrons. The Kier molecular flexibility index (Phi) is 14.4. The molecule has 1 amide bonds. The maximum atomic E-state index is 13.4. The smallest absolute Gasteiger partial charge is 0.337 e. The highest BCUT2D eigenvalue weighted by atomic mass is 32.1. The highest BCUT2D eigenvalue weighted by Crippen LogP contribution is 2.35. The molecule has 0 bridgehead atoms. The van der Waals surface area contributed by atoms with E-state index in [9.17, 15) is 19.8 Å². The lowest BCUT2D eigenvalue weighted by atomic mass is 9.92. The van der Waals surface area contributed by atoms with Crippen molar-refractivity contribution in [3.05, 3.63) is 92.6 Å². The fourth-order valence-electron chi connectivity index (χ4n) is 6.41. The van der Waals surface area contributed by atoms with E-state index in [1.54, 1.807) is 76.1 Å². The van der Waals surface area contributed by atoms with Gasteiger partial charge in [-0.25, -0.2) is 34.7 Å². The van der Waals surface area contributed by atoms with Gasteiger partial charge >= 0.3 is 5.97 Å². The molecule has 312 valence electrons. The van der Waals surface area contributed by atoms with Crippen LogP contribution in [0.2, 0.25) is 0 Å². The lowest BCUT2D eigenvalue weighted by molar-refractivity contribution is 0.0603. The molecule has 8 rings (SSSR count). The molecule has 2 fully saturated rings. The van der Waals surface area contributed by atoms with Gasteiger partial charge < -0.3 is 25.5 Å². The van der Waals surface area contributed by atoms with Gasteiger partial charge in [0.15, 0.2) is 11.6 Å². The first kappa shape index (κ1) is 44.1. The third-order valence-corrected chi connectivity index (χ3v) is 13.7. The minimum atomic E-state index is -1.01. The Morgan fingerprint density at radius 2 is 1.22 bits per heavy atom. The fourth-order valence-corrected chi connectivity index (χ4v) is 9.53. The van der Waals surface area contributed by atoms with Crippen molar-refractivity contribution in [3.63, 3.8) is 0 Å². The molecule has 0 aromatic carbocycles. The maximum Gasteiger partial charge on any atom is 0.337 e. The molecule has 2 aliphatic heterocycles. The summed E-state index contributed by atoms with van der Waals surface area (Å²) >= 11 is 5.34. The molecule has 8 heterocycles. The van der Waals surface area contributed by atoms with Gasteiger partial charge in [-0.1, -0.05) is 0 Å². The van der Waals surface area contributed by atoms with E-state index >= 15 is 0 Å². The summed E-state index contributed by atoms with van der Waals surface area (Å²) in [6.07, 6.45) is 10.7. The van der Waals surface area contributed by atoms with Crippen molar-refractivity contribution >= 4 is 57.6 Å². The van der Waals surface area contributed by atoms with E-state index in [1.165, 1.54) is 52.2 Å². The van der Waals surface area contributed by atoms with E-state index in [2.05, 4.69) is 57.8 Å². The van der Waals surface area contributed by atoms with Crippen LogP contribution in [-0.4, -0.2) is 95.9 Å². The Morgan fingerprint density at radius 3 is 1.69 bits per heavy atom. The lowest BCUT2D eigenvalue weighted by Crippen LogP contribution is -2.45. The Hall–Kier alpha value is -4.50. The summed E-state index contributed by atoms with van der Waals surface area (Å²) in [7, 11) is 0. The van der Waals surface area contributed by atoms with Crippen LogP contribution in [0.3, 0.4) is 0 Å². The van der Waals surface area contributed by atoms with Crippen molar-refractivity contribution in [1.82, 2.24) is 48.9 Å². The first-order valence-corrected chi connectivity index (χ1v) is 22.5. The minimum Gasteiger partial charge on any atom is -0.478 e. The molecule has 6 aromatic rings. The van der Waals surface area contributed by atoms with Crippen LogP contribution in [0.5, 0.6) is 0 Å². The van der Waals surface area contributed by atoms with Gasteiger partial charge in [-0.15, -0.1) is 22.7 Å². The molecule has 6 aromatic heterocycles. The number of carbonyl (C=O) groups is 2. The van der Waals surface area contributed by atoms with Crippen molar-refractivity contribution in [2.75, 3.05) is 13.1 Å². The quantitative estimate of drug-likeness (QED) is 0.119. The molecule has 4 N–H and O–H groups in total. The third-order valence-electron chi connectivity index (χ3n) is 9.79. The van der Waals surface area contributed by atoms with Gasteiger partial charge in [-0.05, 0) is 125 Å². The Labute approximate surface area is 359 Å². The predicted molar refractivity (Wildman–Crippen MR) is 230 cm³/mol. The number of carboxylic acid groups (broad SMARTS) is 1. The van der Waals surface area contributed by atoms with Gasteiger partial charge in [0.2, 0.25) is 0 Å². The number of hydrogen-bond donors (Lipinski definition) is 4. The van der Waals surface area contributed by atoms with E-state index < -0.39 is 17.2 Å². The summed E-state index contributed by atoms with van der Waals surface area (Å²) in [4.78, 5) is 53.1. The fraction of sp³-hybridized carbons (Fsp3) is 0.450. The number of likely N-dealkylation sites (tertiary alicyclic amines) is 1. The SMILES string of the molecule is C[C@@H]1CC[C@@H](c2nsc(C(C)(C)O)n2)CN1.C[C@@H]1CC[C@@H](c2nsc(C(C)(C)O)n2)CN1C(=O)c1ccsc1-c1ncccn1.O=C(O)c1ccsc1-c1ncccn1. The van der Waals surface area contributed by atoms with Crippen LogP contribution in [0.1, 0.15) is 121 Å². The summed E-state index contributed by atoms with van der Waals surface area (Å²) in [6.45, 7) is 12.7. The highest BCUT2D eigenvalue weighted by molar-refractivity contribution is 7.14. The van der Waals surface area contributed by atoms with Crippen molar-refractivity contribution in [2.24, 2.45) is 0 Å². The van der Waals surface area contributed by atoms with Crippen LogP contribution in [-0.2, 0) is 11.2 Å². The first-order chi connectivity index (χ1) is 28.1. The van der Waals surface area contributed by atoms with Gasteiger partial charge in [-0.2, -0.15) is 8.75 Å². The number of aromatic carboxylic acids is 1. The average Bonchev–Trinajstić information content (AvgIpc) is 4.06. The first-order valence-electron chi connectivity index (χ1n) is 19.2. The number of hydrogen-bond acceptors (Lipinski definition) is 17. The molecule has 0 aliphatic carbocycles. The number of carbonyl (C=O) groups excluding carboxylic acids is 1. The standard InChI is InChI=1S/C20H23N5O2S2.C11H19N3OS.C9H6N2O2S/c1-12-5-6-13(16-23-19(29-24-16)20(2,3)27)11-25(12)18(26)14-7-10-28-15(14)17-21-8-4-9-22-17;1-7-4-5-8(6-12-7)9-13-10(16-14-9)11(2,3)15;12-9(13)6-2-5-14-7(6)8-10-3-1-4-11-8/h4,7-10,12-13,27H,5-6,11H2,1-3H3;7-8,12,15H,4-6H2,1-3H3;1-5H,(H,12,13)/t12-,13-;7-,8-;/m11./s1. The number of rotatable bonds is 8. The zero-order valence-corrected chi connectivity index (χ0v) is 36.9. The summed E-state index contributed by atoms with van der Waals surface area (Å²) < 4.78 is 8.83. The summed E-state index contributed by atoms with van der Waals surface area (Å²) in [5.41, 5.74) is -0.988. The van der Waals surface area contributed by atoms with Gasteiger partial charge in [0.1, 0.15) is 32.9 Å². The van der Waals surface area contributed by atoms with Crippen molar-refractivity contribution in [2.45, 2.75) is 102 Å². The molecule has 4 atom stereocenters. The number of piperidine rings is 2. The molecule has 15 nitrogen and oxygen atoms in total. The number of nitrogens with one attached hydrogen (secondary N) is 1. The molecule has 0 spiro atoms. The number of nitrogens with zero attached hydrogens (tertiary/aromatic N) is 9. The Morgan fingerprint density at radius 1 is 0.729 bits per heavy atom. The van der Waals surface area contributed by atoms with Crippen LogP contribution < -0.4 is 5.32 Å². The van der Waals surface area contributed by atoms with Crippen LogP contribution in [0.4, 0.5) is 0 Å². The average molecular weight is 877 g/mol. The van der Waals surface area contributed by atoms with Crippen LogP contribution >= 0.6 is 45.7 Å². The second-order valence-electron chi connectivity index (χ2n) is 15.5. The minimum absolute atomic E-state index is 0.0103. The molecule has 0 unspecified atom stereocenters. The van der Waals surface area contributed by atoms with Crippen LogP contribution in [0, 0.1) is 0 Å². The van der Waals surface area contributed by atoms with Crippen LogP contribution in [0.15, 0.2) is 59.8 Å². The lowest BCUT2D eigenvalue weighted by Gasteiger charge is -2.37.